The number of carbonyl (C=O) groups is 2. The molecule has 1 amide bonds. The fourth-order valence-corrected chi connectivity index (χ4v) is 5.35. The Morgan fingerprint density at radius 1 is 1.03 bits per heavy atom. The number of sulfonamides is 1. The predicted octanol–water partition coefficient (Wildman–Crippen LogP) is 2.83. The van der Waals surface area contributed by atoms with E-state index in [1.54, 1.807) is 13.0 Å². The van der Waals surface area contributed by atoms with Gasteiger partial charge in [0.15, 0.2) is 6.61 Å². The Hall–Kier alpha value is -2.91. The predicted molar refractivity (Wildman–Crippen MR) is 124 cm³/mol. The average molecular weight is 475 g/mol. The molecule has 178 valence electrons. The molecule has 0 saturated carbocycles. The van der Waals surface area contributed by atoms with E-state index in [1.807, 2.05) is 31.2 Å². The summed E-state index contributed by atoms with van der Waals surface area (Å²) in [7, 11) is -3.69. The number of hydrogen-bond acceptors (Lipinski definition) is 6. The average Bonchev–Trinajstić information content (AvgIpc) is 2.81. The molecule has 8 nitrogen and oxygen atoms in total. The van der Waals surface area contributed by atoms with Gasteiger partial charge in [-0.1, -0.05) is 24.6 Å². The van der Waals surface area contributed by atoms with Crippen LogP contribution in [0, 0.1) is 13.8 Å². The standard InChI is InChI=1S/C24H30N2O6S/c1-18-7-6-8-21(15-18)31-14-11-25-23(27)17-32-24(28)20-10-9-19(2)22(16-20)33(29,30)26-12-4-3-5-13-26/h6-10,15-16H,3-5,11-14,17H2,1-2H3,(H,25,27). The van der Waals surface area contributed by atoms with Crippen molar-refractivity contribution in [3.63, 3.8) is 0 Å². The summed E-state index contributed by atoms with van der Waals surface area (Å²) < 4.78 is 38.1. The molecule has 0 unspecified atom stereocenters. The molecule has 0 aliphatic carbocycles. The summed E-state index contributed by atoms with van der Waals surface area (Å²) in [5.74, 6) is -0.508. The van der Waals surface area contributed by atoms with Crippen molar-refractivity contribution in [1.82, 2.24) is 9.62 Å². The summed E-state index contributed by atoms with van der Waals surface area (Å²) in [4.78, 5) is 24.5. The highest BCUT2D eigenvalue weighted by atomic mass is 32.2. The topological polar surface area (TPSA) is 102 Å². The number of ether oxygens (including phenoxy) is 2. The molecule has 0 bridgehead atoms. The maximum atomic E-state index is 13.0. The third-order valence-electron chi connectivity index (χ3n) is 5.37. The first-order chi connectivity index (χ1) is 15.8. The molecule has 0 spiro atoms. The van der Waals surface area contributed by atoms with Crippen molar-refractivity contribution in [2.75, 3.05) is 32.8 Å². The van der Waals surface area contributed by atoms with Gasteiger partial charge in [-0.25, -0.2) is 13.2 Å². The number of hydrogen-bond donors (Lipinski definition) is 1. The molecular weight excluding hydrogens is 444 g/mol. The first kappa shape index (κ1) is 24.7. The van der Waals surface area contributed by atoms with Crippen LogP contribution in [0.5, 0.6) is 5.75 Å². The van der Waals surface area contributed by atoms with E-state index < -0.39 is 28.5 Å². The Labute approximate surface area is 194 Å². The van der Waals surface area contributed by atoms with Gasteiger partial charge in [-0.15, -0.1) is 0 Å². The molecule has 3 rings (SSSR count). The lowest BCUT2D eigenvalue weighted by molar-refractivity contribution is -0.124. The van der Waals surface area contributed by atoms with Gasteiger partial charge in [0.05, 0.1) is 17.0 Å². The van der Waals surface area contributed by atoms with Crippen molar-refractivity contribution in [2.24, 2.45) is 0 Å². The number of nitrogens with zero attached hydrogens (tertiary/aromatic N) is 1. The van der Waals surface area contributed by atoms with Gasteiger partial charge in [0.2, 0.25) is 10.0 Å². The van der Waals surface area contributed by atoms with Gasteiger partial charge in [0.25, 0.3) is 5.91 Å². The molecule has 1 fully saturated rings. The number of aryl methyl sites for hydroxylation is 2. The van der Waals surface area contributed by atoms with E-state index >= 15 is 0 Å². The lowest BCUT2D eigenvalue weighted by Gasteiger charge is -2.26. The molecule has 1 aliphatic rings. The Kier molecular flexibility index (Phi) is 8.46. The van der Waals surface area contributed by atoms with Crippen LogP contribution in [-0.2, 0) is 19.6 Å². The Bertz CT molecular complexity index is 1090. The number of esters is 1. The maximum absolute atomic E-state index is 13.0. The fourth-order valence-electron chi connectivity index (χ4n) is 3.58. The second-order valence-corrected chi connectivity index (χ2v) is 9.94. The Morgan fingerprint density at radius 2 is 1.79 bits per heavy atom. The van der Waals surface area contributed by atoms with Crippen molar-refractivity contribution in [3.05, 3.63) is 59.2 Å². The van der Waals surface area contributed by atoms with Gasteiger partial charge in [-0.3, -0.25) is 4.79 Å². The molecule has 33 heavy (non-hydrogen) atoms. The fraction of sp³-hybridized carbons (Fsp3) is 0.417. The number of amides is 1. The molecule has 0 radical (unpaired) electrons. The third kappa shape index (κ3) is 6.79. The molecule has 1 N–H and O–H groups in total. The number of carbonyl (C=O) groups excluding carboxylic acids is 2. The van der Waals surface area contributed by atoms with E-state index in [1.165, 1.54) is 16.4 Å². The summed E-state index contributed by atoms with van der Waals surface area (Å²) in [5.41, 5.74) is 1.72. The second-order valence-electron chi connectivity index (χ2n) is 8.04. The highest BCUT2D eigenvalue weighted by molar-refractivity contribution is 7.89. The minimum atomic E-state index is -3.69. The van der Waals surface area contributed by atoms with Crippen molar-refractivity contribution < 1.29 is 27.5 Å². The Balaban J connectivity index is 1.50. The van der Waals surface area contributed by atoms with Crippen molar-refractivity contribution in [3.8, 4) is 5.75 Å². The van der Waals surface area contributed by atoms with Gasteiger partial charge in [0, 0.05) is 13.1 Å². The van der Waals surface area contributed by atoms with Crippen LogP contribution in [-0.4, -0.2) is 57.4 Å². The molecule has 0 aromatic heterocycles. The van der Waals surface area contributed by atoms with Crippen LogP contribution >= 0.6 is 0 Å². The zero-order valence-electron chi connectivity index (χ0n) is 19.0. The maximum Gasteiger partial charge on any atom is 0.338 e. The van der Waals surface area contributed by atoms with Gasteiger partial charge in [-0.2, -0.15) is 4.31 Å². The number of benzene rings is 2. The van der Waals surface area contributed by atoms with Crippen LogP contribution in [0.15, 0.2) is 47.4 Å². The van der Waals surface area contributed by atoms with Gasteiger partial charge >= 0.3 is 5.97 Å². The lowest BCUT2D eigenvalue weighted by Crippen LogP contribution is -2.36. The quantitative estimate of drug-likeness (QED) is 0.443. The van der Waals surface area contributed by atoms with Crippen LogP contribution in [0.25, 0.3) is 0 Å². The first-order valence-corrected chi connectivity index (χ1v) is 12.5. The summed E-state index contributed by atoms with van der Waals surface area (Å²) in [5, 5.41) is 2.62. The minimum absolute atomic E-state index is 0.0896. The van der Waals surface area contributed by atoms with Crippen molar-refractivity contribution in [2.45, 2.75) is 38.0 Å². The van der Waals surface area contributed by atoms with Crippen LogP contribution < -0.4 is 10.1 Å². The normalized spacial score (nSPS) is 14.5. The molecule has 2 aromatic carbocycles. The zero-order chi connectivity index (χ0) is 23.8. The highest BCUT2D eigenvalue weighted by Crippen LogP contribution is 2.24. The van der Waals surface area contributed by atoms with Crippen LogP contribution in [0.4, 0.5) is 0 Å². The summed E-state index contributed by atoms with van der Waals surface area (Å²) in [6.45, 7) is 4.67. The largest absolute Gasteiger partial charge is 0.492 e. The second kappa shape index (κ2) is 11.3. The first-order valence-electron chi connectivity index (χ1n) is 11.0. The molecule has 1 saturated heterocycles. The summed E-state index contributed by atoms with van der Waals surface area (Å²) in [6.07, 6.45) is 2.66. The number of rotatable bonds is 9. The van der Waals surface area contributed by atoms with E-state index in [9.17, 15) is 18.0 Å². The molecular formula is C24H30N2O6S. The third-order valence-corrected chi connectivity index (χ3v) is 7.41. The lowest BCUT2D eigenvalue weighted by atomic mass is 10.1. The molecule has 1 heterocycles. The summed E-state index contributed by atoms with van der Waals surface area (Å²) in [6, 6.07) is 12.0. The van der Waals surface area contributed by atoms with E-state index in [2.05, 4.69) is 5.32 Å². The minimum Gasteiger partial charge on any atom is -0.492 e. The van der Waals surface area contributed by atoms with E-state index in [4.69, 9.17) is 9.47 Å². The van der Waals surface area contributed by atoms with E-state index in [0.717, 1.165) is 24.8 Å². The van der Waals surface area contributed by atoms with Crippen LogP contribution in [0.1, 0.15) is 40.7 Å². The monoisotopic (exact) mass is 474 g/mol. The van der Waals surface area contributed by atoms with Gasteiger partial charge < -0.3 is 14.8 Å². The molecule has 1 aliphatic heterocycles. The van der Waals surface area contributed by atoms with Crippen molar-refractivity contribution >= 4 is 21.9 Å². The SMILES string of the molecule is Cc1cccc(OCCNC(=O)COC(=O)c2ccc(C)c(S(=O)(=O)N3CCCCC3)c2)c1. The van der Waals surface area contributed by atoms with Crippen LogP contribution in [0.3, 0.4) is 0 Å². The van der Waals surface area contributed by atoms with Gasteiger partial charge in [0.1, 0.15) is 12.4 Å². The zero-order valence-corrected chi connectivity index (χ0v) is 19.8. The van der Waals surface area contributed by atoms with Gasteiger partial charge in [-0.05, 0) is 62.1 Å². The smallest absolute Gasteiger partial charge is 0.338 e. The highest BCUT2D eigenvalue weighted by Gasteiger charge is 2.28. The number of nitrogens with one attached hydrogen (secondary N) is 1. The Morgan fingerprint density at radius 3 is 2.52 bits per heavy atom. The van der Waals surface area contributed by atoms with Crippen LogP contribution in [0.2, 0.25) is 0 Å². The molecule has 9 heteroatoms. The molecule has 2 aromatic rings. The number of piperidine rings is 1. The summed E-state index contributed by atoms with van der Waals surface area (Å²) >= 11 is 0. The van der Waals surface area contributed by atoms with Crippen molar-refractivity contribution in [1.29, 1.82) is 0 Å². The van der Waals surface area contributed by atoms with E-state index in [0.29, 0.717) is 24.4 Å². The molecule has 0 atom stereocenters. The van der Waals surface area contributed by atoms with E-state index in [-0.39, 0.29) is 23.6 Å².